The fraction of sp³-hybridized carbons (Fsp3) is 0.750. The van der Waals surface area contributed by atoms with E-state index in [4.69, 9.17) is 0 Å². The van der Waals surface area contributed by atoms with Crippen molar-refractivity contribution in [2.24, 2.45) is 0 Å². The van der Waals surface area contributed by atoms with Gasteiger partial charge in [0.25, 0.3) is 0 Å². The number of nitrogens with zero attached hydrogens (tertiary/aromatic N) is 2. The Hall–Kier alpha value is -0.870. The van der Waals surface area contributed by atoms with Gasteiger partial charge < -0.3 is 10.4 Å². The van der Waals surface area contributed by atoms with E-state index in [0.29, 0.717) is 0 Å². The number of aliphatic hydroxyl groups excluding tert-OH is 1. The standard InChI is InChI=1S/C12H23N3O/c1-4-13-12(3,10-16)6-5-7-15-9-11(2)8-14-15/h8-9,13,16H,4-7,10H2,1-3H3. The molecular weight excluding hydrogens is 202 g/mol. The molecule has 2 N–H and O–H groups in total. The van der Waals surface area contributed by atoms with Crippen LogP contribution in [0.2, 0.25) is 0 Å². The number of aromatic nitrogens is 2. The number of hydrogen-bond acceptors (Lipinski definition) is 3. The van der Waals surface area contributed by atoms with E-state index < -0.39 is 0 Å². The molecule has 1 aromatic heterocycles. The van der Waals surface area contributed by atoms with Gasteiger partial charge in [-0.25, -0.2) is 0 Å². The zero-order chi connectivity index (χ0) is 12.0. The van der Waals surface area contributed by atoms with Gasteiger partial charge >= 0.3 is 0 Å². The minimum atomic E-state index is -0.156. The molecular formula is C12H23N3O. The van der Waals surface area contributed by atoms with E-state index >= 15 is 0 Å². The van der Waals surface area contributed by atoms with Crippen LogP contribution in [0, 0.1) is 6.92 Å². The van der Waals surface area contributed by atoms with Gasteiger partial charge in [0.1, 0.15) is 0 Å². The van der Waals surface area contributed by atoms with Crippen molar-refractivity contribution in [3.8, 4) is 0 Å². The third kappa shape index (κ3) is 3.94. The lowest BCUT2D eigenvalue weighted by atomic mass is 9.97. The summed E-state index contributed by atoms with van der Waals surface area (Å²) < 4.78 is 1.96. The number of aryl methyl sites for hydroxylation is 2. The van der Waals surface area contributed by atoms with E-state index in [1.54, 1.807) is 0 Å². The molecule has 0 aliphatic heterocycles. The highest BCUT2D eigenvalue weighted by Gasteiger charge is 2.20. The van der Waals surface area contributed by atoms with Gasteiger partial charge in [0.15, 0.2) is 0 Å². The summed E-state index contributed by atoms with van der Waals surface area (Å²) in [5.74, 6) is 0. The van der Waals surface area contributed by atoms with E-state index in [2.05, 4.69) is 24.3 Å². The molecule has 1 rings (SSSR count). The van der Waals surface area contributed by atoms with Crippen LogP contribution in [0.1, 0.15) is 32.3 Å². The van der Waals surface area contributed by atoms with Crippen LogP contribution >= 0.6 is 0 Å². The topological polar surface area (TPSA) is 50.1 Å². The van der Waals surface area contributed by atoms with Crippen molar-refractivity contribution in [2.45, 2.75) is 45.7 Å². The molecule has 1 atom stereocenters. The van der Waals surface area contributed by atoms with Crippen LogP contribution in [0.15, 0.2) is 12.4 Å². The lowest BCUT2D eigenvalue weighted by Gasteiger charge is -2.28. The van der Waals surface area contributed by atoms with Gasteiger partial charge in [-0.05, 0) is 38.8 Å². The maximum Gasteiger partial charge on any atom is 0.0610 e. The number of likely N-dealkylation sites (N-methyl/N-ethyl adjacent to an activating group) is 1. The van der Waals surface area contributed by atoms with E-state index in [-0.39, 0.29) is 12.1 Å². The van der Waals surface area contributed by atoms with Crippen molar-refractivity contribution in [3.05, 3.63) is 18.0 Å². The fourth-order valence-corrected chi connectivity index (χ4v) is 1.87. The maximum absolute atomic E-state index is 9.33. The van der Waals surface area contributed by atoms with Crippen LogP contribution in [-0.4, -0.2) is 33.6 Å². The molecule has 4 heteroatoms. The molecule has 4 nitrogen and oxygen atoms in total. The summed E-state index contributed by atoms with van der Waals surface area (Å²) in [4.78, 5) is 0. The lowest BCUT2D eigenvalue weighted by molar-refractivity contribution is 0.163. The zero-order valence-electron chi connectivity index (χ0n) is 10.5. The maximum atomic E-state index is 9.33. The van der Waals surface area contributed by atoms with Crippen LogP contribution in [0.5, 0.6) is 0 Å². The molecule has 16 heavy (non-hydrogen) atoms. The van der Waals surface area contributed by atoms with Crippen molar-refractivity contribution < 1.29 is 5.11 Å². The summed E-state index contributed by atoms with van der Waals surface area (Å²) in [6.07, 6.45) is 5.89. The van der Waals surface area contributed by atoms with E-state index in [1.165, 1.54) is 5.56 Å². The van der Waals surface area contributed by atoms with E-state index in [9.17, 15) is 5.11 Å². The Labute approximate surface area is 97.7 Å². The molecule has 1 aromatic rings. The summed E-state index contributed by atoms with van der Waals surface area (Å²) >= 11 is 0. The Morgan fingerprint density at radius 1 is 1.56 bits per heavy atom. The van der Waals surface area contributed by atoms with Crippen LogP contribution < -0.4 is 5.32 Å². The average molecular weight is 225 g/mol. The highest BCUT2D eigenvalue weighted by Crippen LogP contribution is 2.12. The highest BCUT2D eigenvalue weighted by atomic mass is 16.3. The third-order valence-electron chi connectivity index (χ3n) is 2.83. The first-order valence-corrected chi connectivity index (χ1v) is 5.94. The van der Waals surface area contributed by atoms with Gasteiger partial charge in [-0.2, -0.15) is 5.10 Å². The van der Waals surface area contributed by atoms with Gasteiger partial charge in [-0.1, -0.05) is 6.92 Å². The summed E-state index contributed by atoms with van der Waals surface area (Å²) in [7, 11) is 0. The number of hydrogen-bond donors (Lipinski definition) is 2. The Balaban J connectivity index is 2.33. The predicted octanol–water partition coefficient (Wildman–Crippen LogP) is 1.33. The molecule has 0 saturated carbocycles. The first-order chi connectivity index (χ1) is 7.59. The summed E-state index contributed by atoms with van der Waals surface area (Å²) in [6, 6.07) is 0. The summed E-state index contributed by atoms with van der Waals surface area (Å²) in [5, 5.41) is 16.9. The monoisotopic (exact) mass is 225 g/mol. The first kappa shape index (κ1) is 13.2. The van der Waals surface area contributed by atoms with Gasteiger partial charge in [0.05, 0.1) is 12.8 Å². The second-order valence-corrected chi connectivity index (χ2v) is 4.63. The van der Waals surface area contributed by atoms with Crippen molar-refractivity contribution in [1.82, 2.24) is 15.1 Å². The van der Waals surface area contributed by atoms with Gasteiger partial charge in [-0.3, -0.25) is 4.68 Å². The normalized spacial score (nSPS) is 15.0. The average Bonchev–Trinajstić information content (AvgIpc) is 2.65. The molecule has 0 saturated heterocycles. The Morgan fingerprint density at radius 2 is 2.31 bits per heavy atom. The van der Waals surface area contributed by atoms with Crippen molar-refractivity contribution >= 4 is 0 Å². The zero-order valence-corrected chi connectivity index (χ0v) is 10.5. The van der Waals surface area contributed by atoms with Gasteiger partial charge in [0, 0.05) is 18.3 Å². The second kappa shape index (κ2) is 6.01. The molecule has 0 amide bonds. The van der Waals surface area contributed by atoms with E-state index in [1.807, 2.05) is 24.0 Å². The molecule has 0 bridgehead atoms. The van der Waals surface area contributed by atoms with Crippen LogP contribution in [0.4, 0.5) is 0 Å². The Morgan fingerprint density at radius 3 is 2.81 bits per heavy atom. The molecule has 0 fully saturated rings. The van der Waals surface area contributed by atoms with Crippen LogP contribution in [-0.2, 0) is 6.54 Å². The van der Waals surface area contributed by atoms with Crippen molar-refractivity contribution in [2.75, 3.05) is 13.2 Å². The lowest BCUT2D eigenvalue weighted by Crippen LogP contribution is -2.45. The molecule has 92 valence electrons. The fourth-order valence-electron chi connectivity index (χ4n) is 1.87. The van der Waals surface area contributed by atoms with Crippen LogP contribution in [0.3, 0.4) is 0 Å². The SMILES string of the molecule is CCNC(C)(CO)CCCn1cc(C)cn1. The molecule has 0 aliphatic rings. The number of nitrogens with one attached hydrogen (secondary N) is 1. The Kier molecular flexibility index (Phi) is 4.96. The highest BCUT2D eigenvalue weighted by molar-refractivity contribution is 4.99. The third-order valence-corrected chi connectivity index (χ3v) is 2.83. The molecule has 0 aliphatic carbocycles. The van der Waals surface area contributed by atoms with Gasteiger partial charge in [0.2, 0.25) is 0 Å². The molecule has 1 unspecified atom stereocenters. The first-order valence-electron chi connectivity index (χ1n) is 5.94. The predicted molar refractivity (Wildman–Crippen MR) is 65.4 cm³/mol. The molecule has 0 aromatic carbocycles. The minimum absolute atomic E-state index is 0.156. The van der Waals surface area contributed by atoms with Crippen LogP contribution in [0.25, 0.3) is 0 Å². The number of aliphatic hydroxyl groups is 1. The quantitative estimate of drug-likeness (QED) is 0.736. The summed E-state index contributed by atoms with van der Waals surface area (Å²) in [5.41, 5.74) is 1.04. The Bertz CT molecular complexity index is 311. The molecule has 0 spiro atoms. The smallest absolute Gasteiger partial charge is 0.0610 e. The van der Waals surface area contributed by atoms with Crippen molar-refractivity contribution in [3.63, 3.8) is 0 Å². The molecule has 0 radical (unpaired) electrons. The van der Waals surface area contributed by atoms with Gasteiger partial charge in [-0.15, -0.1) is 0 Å². The second-order valence-electron chi connectivity index (χ2n) is 4.63. The largest absolute Gasteiger partial charge is 0.394 e. The number of rotatable bonds is 7. The van der Waals surface area contributed by atoms with Crippen molar-refractivity contribution in [1.29, 1.82) is 0 Å². The molecule has 1 heterocycles. The summed E-state index contributed by atoms with van der Waals surface area (Å²) in [6.45, 7) is 8.14. The minimum Gasteiger partial charge on any atom is -0.394 e. The van der Waals surface area contributed by atoms with E-state index in [0.717, 1.165) is 25.9 Å².